The Kier molecular flexibility index (Phi) is 2.65. The second kappa shape index (κ2) is 3.55. The zero-order valence-corrected chi connectivity index (χ0v) is 7.57. The summed E-state index contributed by atoms with van der Waals surface area (Å²) < 4.78 is 4.48. The molecule has 0 saturated carbocycles. The molecule has 1 amide bonds. The monoisotopic (exact) mass is 185 g/mol. The molecule has 0 bridgehead atoms. The maximum atomic E-state index is 11.1. The molecular formula is C8H11NO4. The van der Waals surface area contributed by atoms with Gasteiger partial charge in [-0.05, 0) is 0 Å². The van der Waals surface area contributed by atoms with Crippen LogP contribution in [0.4, 0.5) is 0 Å². The predicted molar refractivity (Wildman–Crippen MR) is 42.8 cm³/mol. The van der Waals surface area contributed by atoms with Crippen LogP contribution >= 0.6 is 0 Å². The Labute approximate surface area is 75.6 Å². The second-order valence-electron chi connectivity index (χ2n) is 2.93. The number of carbonyl (C=O) groups excluding carboxylic acids is 3. The van der Waals surface area contributed by atoms with Gasteiger partial charge in [-0.15, -0.1) is 0 Å². The van der Waals surface area contributed by atoms with Gasteiger partial charge >= 0.3 is 5.97 Å². The number of ether oxygens (including phenoxy) is 1. The number of methoxy groups -OCH3 is 1. The molecule has 1 aliphatic rings. The normalized spacial score (nSPS) is 21.8. The van der Waals surface area contributed by atoms with Crippen LogP contribution in [0.2, 0.25) is 0 Å². The first kappa shape index (κ1) is 9.70. The van der Waals surface area contributed by atoms with E-state index < -0.39 is 12.0 Å². The van der Waals surface area contributed by atoms with Gasteiger partial charge in [-0.1, -0.05) is 0 Å². The number of likely N-dealkylation sites (tertiary alicyclic amines) is 1. The van der Waals surface area contributed by atoms with E-state index in [4.69, 9.17) is 0 Å². The molecule has 5 nitrogen and oxygen atoms in total. The number of nitrogens with zero attached hydrogens (tertiary/aromatic N) is 1. The van der Waals surface area contributed by atoms with Crippen molar-refractivity contribution in [2.24, 2.45) is 0 Å². The van der Waals surface area contributed by atoms with Crippen LogP contribution < -0.4 is 0 Å². The number of esters is 1. The van der Waals surface area contributed by atoms with Crippen LogP contribution in [0.15, 0.2) is 0 Å². The fourth-order valence-electron chi connectivity index (χ4n) is 1.37. The van der Waals surface area contributed by atoms with E-state index in [1.54, 1.807) is 0 Å². The Balaban J connectivity index is 2.77. The number of ketones is 1. The van der Waals surface area contributed by atoms with Gasteiger partial charge in [0.25, 0.3) is 0 Å². The van der Waals surface area contributed by atoms with Crippen molar-refractivity contribution in [2.45, 2.75) is 19.4 Å². The first-order chi connectivity index (χ1) is 6.06. The van der Waals surface area contributed by atoms with Gasteiger partial charge in [-0.25, -0.2) is 4.79 Å². The molecule has 1 fully saturated rings. The molecule has 0 aromatic rings. The summed E-state index contributed by atoms with van der Waals surface area (Å²) >= 11 is 0. The highest BCUT2D eigenvalue weighted by Crippen LogP contribution is 2.15. The molecule has 1 atom stereocenters. The van der Waals surface area contributed by atoms with Crippen molar-refractivity contribution >= 4 is 17.7 Å². The van der Waals surface area contributed by atoms with Gasteiger partial charge in [0.1, 0.15) is 6.04 Å². The largest absolute Gasteiger partial charge is 0.467 e. The van der Waals surface area contributed by atoms with Gasteiger partial charge in [0.05, 0.1) is 13.7 Å². The van der Waals surface area contributed by atoms with Crippen molar-refractivity contribution in [1.82, 2.24) is 4.90 Å². The minimum atomic E-state index is -0.713. The van der Waals surface area contributed by atoms with Crippen molar-refractivity contribution < 1.29 is 19.1 Å². The van der Waals surface area contributed by atoms with Crippen molar-refractivity contribution in [2.75, 3.05) is 13.7 Å². The molecule has 0 N–H and O–H groups in total. The highest BCUT2D eigenvalue weighted by atomic mass is 16.5. The maximum absolute atomic E-state index is 11.1. The molecule has 1 heterocycles. The predicted octanol–water partition coefficient (Wildman–Crippen LogP) is -0.651. The lowest BCUT2D eigenvalue weighted by Crippen LogP contribution is -2.39. The zero-order chi connectivity index (χ0) is 10.0. The van der Waals surface area contributed by atoms with Crippen LogP contribution in [-0.4, -0.2) is 42.3 Å². The minimum absolute atomic E-state index is 0.0229. The van der Waals surface area contributed by atoms with E-state index in [1.165, 1.54) is 18.9 Å². The summed E-state index contributed by atoms with van der Waals surface area (Å²) in [6.07, 6.45) is 0.0756. The molecule has 72 valence electrons. The highest BCUT2D eigenvalue weighted by molar-refractivity contribution is 5.96. The van der Waals surface area contributed by atoms with Crippen LogP contribution in [0.5, 0.6) is 0 Å². The Morgan fingerprint density at radius 2 is 2.15 bits per heavy atom. The van der Waals surface area contributed by atoms with Crippen LogP contribution in [-0.2, 0) is 19.1 Å². The van der Waals surface area contributed by atoms with E-state index in [-0.39, 0.29) is 24.7 Å². The second-order valence-corrected chi connectivity index (χ2v) is 2.93. The van der Waals surface area contributed by atoms with E-state index in [1.807, 2.05) is 0 Å². The lowest BCUT2D eigenvalue weighted by Gasteiger charge is -2.19. The molecule has 0 spiro atoms. The van der Waals surface area contributed by atoms with Crippen LogP contribution in [0.25, 0.3) is 0 Å². The average molecular weight is 185 g/mol. The van der Waals surface area contributed by atoms with Crippen LogP contribution in [0, 0.1) is 0 Å². The topological polar surface area (TPSA) is 63.7 Å². The number of hydrogen-bond donors (Lipinski definition) is 0. The Morgan fingerprint density at radius 3 is 2.62 bits per heavy atom. The summed E-state index contributed by atoms with van der Waals surface area (Å²) in [6.45, 7) is 1.35. The maximum Gasteiger partial charge on any atom is 0.329 e. The molecule has 0 radical (unpaired) electrons. The standard InChI is InChI=1S/C8H11NO4/c1-5(10)9-4-6(11)3-7(9)8(12)13-2/h7H,3-4H2,1-2H3/t7-/m1/s1. The third-order valence-corrected chi connectivity index (χ3v) is 2.02. The molecule has 13 heavy (non-hydrogen) atoms. The molecule has 1 saturated heterocycles. The Morgan fingerprint density at radius 1 is 1.54 bits per heavy atom. The van der Waals surface area contributed by atoms with Crippen LogP contribution in [0.3, 0.4) is 0 Å². The van der Waals surface area contributed by atoms with Crippen LogP contribution in [0.1, 0.15) is 13.3 Å². The van der Waals surface area contributed by atoms with Gasteiger partial charge in [-0.2, -0.15) is 0 Å². The Bertz CT molecular complexity index is 261. The van der Waals surface area contributed by atoms with Crippen molar-refractivity contribution in [3.8, 4) is 0 Å². The van der Waals surface area contributed by atoms with Crippen molar-refractivity contribution in [3.63, 3.8) is 0 Å². The fourth-order valence-corrected chi connectivity index (χ4v) is 1.37. The van der Waals surface area contributed by atoms with Gasteiger partial charge in [0, 0.05) is 13.3 Å². The number of hydrogen-bond acceptors (Lipinski definition) is 4. The lowest BCUT2D eigenvalue weighted by atomic mass is 10.2. The third-order valence-electron chi connectivity index (χ3n) is 2.02. The minimum Gasteiger partial charge on any atom is -0.467 e. The zero-order valence-electron chi connectivity index (χ0n) is 7.57. The summed E-state index contributed by atoms with van der Waals surface area (Å²) in [5.74, 6) is -0.909. The molecule has 1 aliphatic heterocycles. The van der Waals surface area contributed by atoms with E-state index in [0.29, 0.717) is 0 Å². The number of rotatable bonds is 1. The lowest BCUT2D eigenvalue weighted by molar-refractivity contribution is -0.150. The molecule has 1 rings (SSSR count). The SMILES string of the molecule is COC(=O)[C@H]1CC(=O)CN1C(C)=O. The van der Waals surface area contributed by atoms with Gasteiger partial charge < -0.3 is 9.64 Å². The van der Waals surface area contributed by atoms with Crippen molar-refractivity contribution in [1.29, 1.82) is 0 Å². The summed E-state index contributed by atoms with van der Waals surface area (Å²) in [7, 11) is 1.24. The van der Waals surface area contributed by atoms with E-state index in [0.717, 1.165) is 0 Å². The van der Waals surface area contributed by atoms with Crippen molar-refractivity contribution in [3.05, 3.63) is 0 Å². The smallest absolute Gasteiger partial charge is 0.329 e. The summed E-state index contributed by atoms with van der Waals surface area (Å²) in [4.78, 5) is 34.3. The summed E-state index contributed by atoms with van der Waals surface area (Å²) in [6, 6.07) is -0.713. The number of carbonyl (C=O) groups is 3. The fraction of sp³-hybridized carbons (Fsp3) is 0.625. The third kappa shape index (κ3) is 1.85. The molecule has 5 heteroatoms. The van der Waals surface area contributed by atoms with E-state index in [9.17, 15) is 14.4 Å². The molecular weight excluding hydrogens is 174 g/mol. The first-order valence-electron chi connectivity index (χ1n) is 3.93. The number of amides is 1. The Hall–Kier alpha value is -1.39. The molecule has 0 aliphatic carbocycles. The van der Waals surface area contributed by atoms with Gasteiger partial charge in [-0.3, -0.25) is 9.59 Å². The van der Waals surface area contributed by atoms with Gasteiger partial charge in [0.2, 0.25) is 5.91 Å². The quantitative estimate of drug-likeness (QED) is 0.509. The highest BCUT2D eigenvalue weighted by Gasteiger charge is 2.37. The van der Waals surface area contributed by atoms with E-state index >= 15 is 0 Å². The molecule has 0 unspecified atom stereocenters. The summed E-state index contributed by atoms with van der Waals surface area (Å²) in [5, 5.41) is 0. The molecule has 0 aromatic carbocycles. The summed E-state index contributed by atoms with van der Waals surface area (Å²) in [5.41, 5.74) is 0. The average Bonchev–Trinajstić information content (AvgIpc) is 2.46. The van der Waals surface area contributed by atoms with E-state index in [2.05, 4.69) is 4.74 Å². The first-order valence-corrected chi connectivity index (χ1v) is 3.93. The van der Waals surface area contributed by atoms with Gasteiger partial charge in [0.15, 0.2) is 5.78 Å². The molecule has 0 aromatic heterocycles. The number of Topliss-reactive ketones (excluding diaryl/α,β-unsaturated/α-hetero) is 1.